The number of ether oxygens (including phenoxy) is 3. The zero-order valence-corrected chi connectivity index (χ0v) is 19.4. The normalized spacial score (nSPS) is 22.1. The minimum atomic E-state index is -0.598. The smallest absolute Gasteiger partial charge is 0.306 e. The van der Waals surface area contributed by atoms with Crippen LogP contribution in [-0.4, -0.2) is 35.7 Å². The third-order valence-electron chi connectivity index (χ3n) is 6.34. The van der Waals surface area contributed by atoms with Crippen molar-refractivity contribution in [3.63, 3.8) is 0 Å². The van der Waals surface area contributed by atoms with E-state index in [1.54, 1.807) is 6.92 Å². The van der Waals surface area contributed by atoms with E-state index in [1.807, 2.05) is 32.9 Å². The third-order valence-corrected chi connectivity index (χ3v) is 6.34. The standard InChI is InChI=1S/C25H34O6/c1-7-8-9-10-16(13-18(26)29-6)19-22(28)20-21(27)14(2)15(3)30-23(20)17-11-12-25(4,5)31-24(17)19/h11-12,14-16,28H,7-10,13H2,1-6H3/t14-,15+,16+/m0/s1. The van der Waals surface area contributed by atoms with Crippen LogP contribution in [0.1, 0.15) is 94.1 Å². The first kappa shape index (κ1) is 23.2. The quantitative estimate of drug-likeness (QED) is 0.460. The number of aromatic hydroxyl groups is 1. The zero-order chi connectivity index (χ0) is 22.9. The second-order valence-electron chi connectivity index (χ2n) is 9.20. The highest BCUT2D eigenvalue weighted by Crippen LogP contribution is 2.53. The van der Waals surface area contributed by atoms with E-state index < -0.39 is 5.60 Å². The van der Waals surface area contributed by atoms with Crippen LogP contribution < -0.4 is 9.47 Å². The van der Waals surface area contributed by atoms with Crippen LogP contribution in [-0.2, 0) is 9.53 Å². The average Bonchev–Trinajstić information content (AvgIpc) is 2.70. The molecule has 170 valence electrons. The third kappa shape index (κ3) is 4.43. The molecule has 1 N–H and O–H groups in total. The molecule has 0 aliphatic carbocycles. The van der Waals surface area contributed by atoms with Crippen LogP contribution in [0.4, 0.5) is 0 Å². The first-order valence-corrected chi connectivity index (χ1v) is 11.2. The fraction of sp³-hybridized carbons (Fsp3) is 0.600. The number of hydrogen-bond donors (Lipinski definition) is 1. The Hall–Kier alpha value is -2.50. The molecule has 31 heavy (non-hydrogen) atoms. The Morgan fingerprint density at radius 3 is 2.61 bits per heavy atom. The van der Waals surface area contributed by atoms with Gasteiger partial charge in [-0.1, -0.05) is 33.1 Å². The van der Waals surface area contributed by atoms with E-state index >= 15 is 0 Å². The number of esters is 1. The molecule has 0 unspecified atom stereocenters. The van der Waals surface area contributed by atoms with E-state index in [9.17, 15) is 14.7 Å². The van der Waals surface area contributed by atoms with Gasteiger partial charge in [-0.3, -0.25) is 9.59 Å². The van der Waals surface area contributed by atoms with Crippen molar-refractivity contribution in [2.75, 3.05) is 7.11 Å². The maximum Gasteiger partial charge on any atom is 0.306 e. The summed E-state index contributed by atoms with van der Waals surface area (Å²) in [5, 5.41) is 11.4. The molecule has 6 nitrogen and oxygen atoms in total. The van der Waals surface area contributed by atoms with Gasteiger partial charge in [-0.05, 0) is 39.3 Å². The fourth-order valence-electron chi connectivity index (χ4n) is 4.31. The predicted octanol–water partition coefficient (Wildman–Crippen LogP) is 5.40. The summed E-state index contributed by atoms with van der Waals surface area (Å²) in [4.78, 5) is 25.4. The van der Waals surface area contributed by atoms with Crippen molar-refractivity contribution < 1.29 is 28.9 Å². The molecular weight excluding hydrogens is 396 g/mol. The zero-order valence-electron chi connectivity index (χ0n) is 19.4. The van der Waals surface area contributed by atoms with Crippen molar-refractivity contribution in [2.45, 2.75) is 84.3 Å². The van der Waals surface area contributed by atoms with Crippen LogP contribution >= 0.6 is 0 Å². The number of methoxy groups -OCH3 is 1. The molecular formula is C25H34O6. The molecule has 3 rings (SSSR count). The van der Waals surface area contributed by atoms with Gasteiger partial charge >= 0.3 is 5.97 Å². The van der Waals surface area contributed by atoms with Gasteiger partial charge in [0.25, 0.3) is 0 Å². The minimum Gasteiger partial charge on any atom is -0.507 e. The summed E-state index contributed by atoms with van der Waals surface area (Å²) >= 11 is 0. The molecule has 0 spiro atoms. The summed E-state index contributed by atoms with van der Waals surface area (Å²) in [6.07, 6.45) is 7.22. The monoisotopic (exact) mass is 430 g/mol. The number of carbonyl (C=O) groups excluding carboxylic acids is 2. The molecule has 3 atom stereocenters. The number of ketones is 1. The number of unbranched alkanes of at least 4 members (excludes halogenated alkanes) is 2. The highest BCUT2D eigenvalue weighted by Gasteiger charge is 2.41. The second kappa shape index (κ2) is 8.93. The molecule has 0 radical (unpaired) electrons. The molecule has 0 fully saturated rings. The summed E-state index contributed by atoms with van der Waals surface area (Å²) in [6.45, 7) is 9.62. The van der Waals surface area contributed by atoms with Crippen molar-refractivity contribution in [3.8, 4) is 17.2 Å². The Balaban J connectivity index is 2.24. The summed E-state index contributed by atoms with van der Waals surface area (Å²) < 4.78 is 17.3. The Labute approximate surface area is 184 Å². The van der Waals surface area contributed by atoms with Gasteiger partial charge in [0.2, 0.25) is 0 Å². The van der Waals surface area contributed by atoms with E-state index in [2.05, 4.69) is 6.92 Å². The molecule has 0 saturated heterocycles. The van der Waals surface area contributed by atoms with Gasteiger partial charge in [-0.25, -0.2) is 0 Å². The average molecular weight is 431 g/mol. The molecule has 2 aliphatic rings. The minimum absolute atomic E-state index is 0.105. The van der Waals surface area contributed by atoms with E-state index in [0.29, 0.717) is 29.0 Å². The largest absolute Gasteiger partial charge is 0.507 e. The Bertz CT molecular complexity index is 898. The van der Waals surface area contributed by atoms with E-state index in [-0.39, 0.29) is 47.4 Å². The number of phenols is 1. The summed E-state index contributed by atoms with van der Waals surface area (Å²) in [7, 11) is 1.36. The van der Waals surface area contributed by atoms with E-state index in [1.165, 1.54) is 7.11 Å². The number of carbonyl (C=O) groups is 2. The van der Waals surface area contributed by atoms with Gasteiger partial charge in [-0.2, -0.15) is 0 Å². The van der Waals surface area contributed by atoms with Gasteiger partial charge < -0.3 is 19.3 Å². The maximum absolute atomic E-state index is 13.2. The Morgan fingerprint density at radius 2 is 1.97 bits per heavy atom. The molecule has 2 aliphatic heterocycles. The highest BCUT2D eigenvalue weighted by molar-refractivity contribution is 6.06. The molecule has 6 heteroatoms. The van der Waals surface area contributed by atoms with E-state index in [4.69, 9.17) is 14.2 Å². The van der Waals surface area contributed by atoms with Gasteiger partial charge in [0.05, 0.1) is 25.0 Å². The van der Waals surface area contributed by atoms with Crippen LogP contribution in [0.25, 0.3) is 6.08 Å². The van der Waals surface area contributed by atoms with Gasteiger partial charge in [0, 0.05) is 11.5 Å². The van der Waals surface area contributed by atoms with Crippen molar-refractivity contribution >= 4 is 17.8 Å². The van der Waals surface area contributed by atoms with Gasteiger partial charge in [0.15, 0.2) is 5.78 Å². The number of fused-ring (bicyclic) bond motifs is 3. The van der Waals surface area contributed by atoms with E-state index in [0.717, 1.165) is 19.3 Å². The predicted molar refractivity (Wildman–Crippen MR) is 119 cm³/mol. The molecule has 2 heterocycles. The van der Waals surface area contributed by atoms with Crippen molar-refractivity contribution in [1.82, 2.24) is 0 Å². The van der Waals surface area contributed by atoms with Gasteiger partial charge in [-0.15, -0.1) is 0 Å². The first-order chi connectivity index (χ1) is 14.6. The first-order valence-electron chi connectivity index (χ1n) is 11.2. The Kier molecular flexibility index (Phi) is 6.68. The summed E-state index contributed by atoms with van der Waals surface area (Å²) in [5.74, 6) is -0.501. The van der Waals surface area contributed by atoms with Crippen molar-refractivity contribution in [3.05, 3.63) is 22.8 Å². The topological polar surface area (TPSA) is 82.1 Å². The highest BCUT2D eigenvalue weighted by atomic mass is 16.5. The second-order valence-corrected chi connectivity index (χ2v) is 9.20. The van der Waals surface area contributed by atoms with Crippen LogP contribution in [0.5, 0.6) is 17.2 Å². The molecule has 0 amide bonds. The molecule has 0 bridgehead atoms. The summed E-state index contributed by atoms with van der Waals surface area (Å²) in [6, 6.07) is 0. The number of rotatable bonds is 7. The SMILES string of the molecule is CCCCC[C@H](CC(=O)OC)c1c(O)c2c(c3c1OC(C)(C)C=C3)O[C@H](C)[C@H](C)C2=O. The number of hydrogen-bond acceptors (Lipinski definition) is 6. The van der Waals surface area contributed by atoms with Crippen molar-refractivity contribution in [2.24, 2.45) is 5.92 Å². The number of benzene rings is 1. The molecule has 0 saturated carbocycles. The fourth-order valence-corrected chi connectivity index (χ4v) is 4.31. The van der Waals surface area contributed by atoms with Crippen LogP contribution in [0.2, 0.25) is 0 Å². The molecule has 0 aromatic heterocycles. The maximum atomic E-state index is 13.2. The van der Waals surface area contributed by atoms with Crippen LogP contribution in [0.3, 0.4) is 0 Å². The van der Waals surface area contributed by atoms with Crippen LogP contribution in [0.15, 0.2) is 6.08 Å². The number of Topliss-reactive ketones (excluding diaryl/α,β-unsaturated/α-hetero) is 1. The number of phenolic OH excluding ortho intramolecular Hbond substituents is 1. The lowest BCUT2D eigenvalue weighted by atomic mass is 9.81. The van der Waals surface area contributed by atoms with Crippen LogP contribution in [0, 0.1) is 5.92 Å². The lowest BCUT2D eigenvalue weighted by molar-refractivity contribution is -0.141. The van der Waals surface area contributed by atoms with Gasteiger partial charge in [0.1, 0.15) is 34.5 Å². The molecule has 1 aromatic rings. The van der Waals surface area contributed by atoms with Crippen molar-refractivity contribution in [1.29, 1.82) is 0 Å². The lowest BCUT2D eigenvalue weighted by Crippen LogP contribution is -2.35. The lowest BCUT2D eigenvalue weighted by Gasteiger charge is -2.36. The molecule has 1 aromatic carbocycles. The Morgan fingerprint density at radius 1 is 1.26 bits per heavy atom. The summed E-state index contributed by atoms with van der Waals surface area (Å²) in [5.41, 5.74) is 0.753.